The summed E-state index contributed by atoms with van der Waals surface area (Å²) in [5.74, 6) is -2.38. The minimum atomic E-state index is -4.16. The average molecular weight is 374 g/mol. The molecule has 7 nitrogen and oxygen atoms in total. The molecule has 130 valence electrons. The molecule has 0 radical (unpaired) electrons. The van der Waals surface area contributed by atoms with Crippen LogP contribution in [-0.2, 0) is 30.7 Å². The predicted octanol–water partition coefficient (Wildman–Crippen LogP) is 0.877. The number of benzene rings is 1. The zero-order valence-corrected chi connectivity index (χ0v) is 14.6. The number of hydrogen-bond acceptors (Lipinski definition) is 6. The first-order chi connectivity index (χ1) is 11.2. The van der Waals surface area contributed by atoms with Crippen LogP contribution in [0.4, 0.5) is 4.39 Å². The molecule has 0 fully saturated rings. The second kappa shape index (κ2) is 7.32. The average Bonchev–Trinajstić information content (AvgIpc) is 2.80. The zero-order valence-electron chi connectivity index (χ0n) is 13.0. The van der Waals surface area contributed by atoms with Crippen molar-refractivity contribution in [2.24, 2.45) is 4.99 Å². The molecular weight excluding hydrogens is 359 g/mol. The minimum Gasteiger partial charge on any atom is -0.383 e. The van der Waals surface area contributed by atoms with Crippen LogP contribution in [0.3, 0.4) is 0 Å². The molecule has 2 aromatic rings. The van der Waals surface area contributed by atoms with Crippen molar-refractivity contribution in [3.63, 3.8) is 0 Å². The van der Waals surface area contributed by atoms with Crippen LogP contribution in [0, 0.1) is 5.82 Å². The van der Waals surface area contributed by atoms with Gasteiger partial charge in [0.2, 0.25) is 15.0 Å². The number of rotatable bonds is 5. The summed E-state index contributed by atoms with van der Waals surface area (Å²) >= 11 is 1.05. The maximum atomic E-state index is 13.4. The normalized spacial score (nSPS) is 12.7. The molecule has 0 atom stereocenters. The van der Waals surface area contributed by atoms with Crippen LogP contribution in [0.1, 0.15) is 6.92 Å². The molecule has 0 saturated heterocycles. The van der Waals surface area contributed by atoms with Gasteiger partial charge in [-0.3, -0.25) is 9.59 Å². The third-order valence-electron chi connectivity index (χ3n) is 3.14. The summed E-state index contributed by atoms with van der Waals surface area (Å²) in [6.07, 6.45) is 0. The highest BCUT2D eigenvalue weighted by atomic mass is 32.2. The molecule has 0 saturated carbocycles. The van der Waals surface area contributed by atoms with Gasteiger partial charge in [0.05, 0.1) is 16.8 Å². The number of carbonyl (C=O) groups is 2. The number of amides is 1. The van der Waals surface area contributed by atoms with E-state index in [1.54, 1.807) is 10.6 Å². The molecular formula is C14H15FN2O5S2. The standard InChI is InChI=1S/C14H15FN2O5S2/c1-9(18)24(20,21)8-13(19)16-14-17(5-6-22-2)11-4-3-10(15)7-12(11)23-14/h3-4,7H,5-6,8H2,1-2H3. The van der Waals surface area contributed by atoms with E-state index in [0.29, 0.717) is 23.4 Å². The lowest BCUT2D eigenvalue weighted by atomic mass is 10.3. The van der Waals surface area contributed by atoms with Crippen molar-refractivity contribution < 1.29 is 27.1 Å². The molecule has 0 aliphatic rings. The minimum absolute atomic E-state index is 0.219. The van der Waals surface area contributed by atoms with Crippen molar-refractivity contribution in [3.8, 4) is 0 Å². The molecule has 0 spiro atoms. The Hall–Kier alpha value is -1.91. The van der Waals surface area contributed by atoms with Gasteiger partial charge < -0.3 is 9.30 Å². The van der Waals surface area contributed by atoms with Crippen LogP contribution in [0.25, 0.3) is 10.2 Å². The summed E-state index contributed by atoms with van der Waals surface area (Å²) in [4.78, 5) is 26.9. The number of hydrogen-bond donors (Lipinski definition) is 0. The SMILES string of the molecule is COCCn1c(=NC(=O)CS(=O)(=O)C(C)=O)sc2cc(F)ccc21. The van der Waals surface area contributed by atoms with Gasteiger partial charge in [-0.1, -0.05) is 11.3 Å². The van der Waals surface area contributed by atoms with E-state index in [0.717, 1.165) is 18.3 Å². The van der Waals surface area contributed by atoms with Gasteiger partial charge in [-0.2, -0.15) is 4.99 Å². The number of nitrogens with zero attached hydrogens (tertiary/aromatic N) is 2. The summed E-state index contributed by atoms with van der Waals surface area (Å²) in [6, 6.07) is 4.13. The van der Waals surface area contributed by atoms with Crippen LogP contribution in [0.2, 0.25) is 0 Å². The van der Waals surface area contributed by atoms with Crippen LogP contribution in [-0.4, -0.2) is 43.5 Å². The fourth-order valence-electron chi connectivity index (χ4n) is 1.93. The Morgan fingerprint density at radius 1 is 1.38 bits per heavy atom. The van der Waals surface area contributed by atoms with E-state index in [4.69, 9.17) is 4.74 Å². The number of fused-ring (bicyclic) bond motifs is 1. The van der Waals surface area contributed by atoms with Gasteiger partial charge >= 0.3 is 0 Å². The van der Waals surface area contributed by atoms with Crippen molar-refractivity contribution in [3.05, 3.63) is 28.8 Å². The molecule has 0 aliphatic carbocycles. The predicted molar refractivity (Wildman–Crippen MR) is 86.7 cm³/mol. The fraction of sp³-hybridized carbons (Fsp3) is 0.357. The first-order valence-corrected chi connectivity index (χ1v) is 9.30. The lowest BCUT2D eigenvalue weighted by Crippen LogP contribution is -2.24. The summed E-state index contributed by atoms with van der Waals surface area (Å²) < 4.78 is 43.6. The first kappa shape index (κ1) is 18.4. The van der Waals surface area contributed by atoms with E-state index < -0.39 is 32.4 Å². The van der Waals surface area contributed by atoms with Gasteiger partial charge in [-0.25, -0.2) is 12.8 Å². The highest BCUT2D eigenvalue weighted by molar-refractivity contribution is 8.06. The number of carbonyl (C=O) groups excluding carboxylic acids is 2. The van der Waals surface area contributed by atoms with E-state index in [2.05, 4.69) is 4.99 Å². The second-order valence-electron chi connectivity index (χ2n) is 4.90. The molecule has 1 amide bonds. The van der Waals surface area contributed by atoms with E-state index in [-0.39, 0.29) is 4.80 Å². The Bertz CT molecular complexity index is 959. The van der Waals surface area contributed by atoms with Crippen molar-refractivity contribution in [2.45, 2.75) is 13.5 Å². The van der Waals surface area contributed by atoms with Crippen molar-refractivity contribution in [1.82, 2.24) is 4.57 Å². The maximum absolute atomic E-state index is 13.4. The molecule has 1 heterocycles. The summed E-state index contributed by atoms with van der Waals surface area (Å²) in [7, 11) is -2.65. The molecule has 0 N–H and O–H groups in total. The number of sulfone groups is 1. The molecule has 24 heavy (non-hydrogen) atoms. The van der Waals surface area contributed by atoms with Crippen molar-refractivity contribution in [2.75, 3.05) is 19.5 Å². The Balaban J connectivity index is 2.49. The highest BCUT2D eigenvalue weighted by Crippen LogP contribution is 2.18. The Labute approximate surface area is 141 Å². The van der Waals surface area contributed by atoms with Crippen LogP contribution in [0.5, 0.6) is 0 Å². The van der Waals surface area contributed by atoms with Gasteiger partial charge in [-0.05, 0) is 18.2 Å². The third-order valence-corrected chi connectivity index (χ3v) is 5.68. The van der Waals surface area contributed by atoms with E-state index in [1.165, 1.54) is 19.2 Å². The van der Waals surface area contributed by atoms with Crippen LogP contribution in [0.15, 0.2) is 23.2 Å². The molecule has 0 aliphatic heterocycles. The lowest BCUT2D eigenvalue weighted by molar-refractivity contribution is -0.116. The van der Waals surface area contributed by atoms with Crippen molar-refractivity contribution in [1.29, 1.82) is 0 Å². The van der Waals surface area contributed by atoms with Gasteiger partial charge in [-0.15, -0.1) is 0 Å². The number of ether oxygens (including phenoxy) is 1. The highest BCUT2D eigenvalue weighted by Gasteiger charge is 2.21. The fourth-order valence-corrected chi connectivity index (χ4v) is 3.63. The Morgan fingerprint density at radius 3 is 2.71 bits per heavy atom. The molecule has 0 bridgehead atoms. The topological polar surface area (TPSA) is 94.8 Å². The largest absolute Gasteiger partial charge is 0.383 e. The lowest BCUT2D eigenvalue weighted by Gasteiger charge is -2.04. The maximum Gasteiger partial charge on any atom is 0.264 e. The van der Waals surface area contributed by atoms with E-state index in [9.17, 15) is 22.4 Å². The smallest absolute Gasteiger partial charge is 0.264 e. The van der Waals surface area contributed by atoms with Gasteiger partial charge in [0.25, 0.3) is 5.91 Å². The summed E-state index contributed by atoms with van der Waals surface area (Å²) in [5.41, 5.74) is 0.652. The molecule has 10 heteroatoms. The zero-order chi connectivity index (χ0) is 17.9. The summed E-state index contributed by atoms with van der Waals surface area (Å²) in [5, 5.41) is -1.09. The number of aromatic nitrogens is 1. The first-order valence-electron chi connectivity index (χ1n) is 6.83. The quantitative estimate of drug-likeness (QED) is 0.774. The van der Waals surface area contributed by atoms with Gasteiger partial charge in [0, 0.05) is 20.6 Å². The van der Waals surface area contributed by atoms with Gasteiger partial charge in [0.1, 0.15) is 11.6 Å². The summed E-state index contributed by atoms with van der Waals surface area (Å²) in [6.45, 7) is 1.56. The molecule has 0 unspecified atom stereocenters. The van der Waals surface area contributed by atoms with Crippen LogP contribution < -0.4 is 4.80 Å². The third kappa shape index (κ3) is 4.13. The van der Waals surface area contributed by atoms with E-state index >= 15 is 0 Å². The molecule has 1 aromatic heterocycles. The number of thiazole rings is 1. The molecule has 1 aromatic carbocycles. The number of halogens is 1. The molecule has 2 rings (SSSR count). The Morgan fingerprint density at radius 2 is 2.08 bits per heavy atom. The van der Waals surface area contributed by atoms with Crippen molar-refractivity contribution >= 4 is 42.4 Å². The monoisotopic (exact) mass is 374 g/mol. The van der Waals surface area contributed by atoms with Crippen LogP contribution >= 0.6 is 11.3 Å². The Kier molecular flexibility index (Phi) is 5.62. The van der Waals surface area contributed by atoms with Gasteiger partial charge in [0.15, 0.2) is 4.80 Å². The van der Waals surface area contributed by atoms with E-state index in [1.807, 2.05) is 0 Å². The second-order valence-corrected chi connectivity index (χ2v) is 8.00. The number of methoxy groups -OCH3 is 1.